The molecule has 0 saturated carbocycles. The van der Waals surface area contributed by atoms with Gasteiger partial charge in [-0.25, -0.2) is 13.2 Å². The number of piperidine rings is 3. The highest BCUT2D eigenvalue weighted by Gasteiger charge is 2.41. The van der Waals surface area contributed by atoms with Crippen LogP contribution in [-0.4, -0.2) is 51.3 Å². The molecule has 0 amide bonds. The predicted molar refractivity (Wildman–Crippen MR) is 112 cm³/mol. The van der Waals surface area contributed by atoms with Crippen molar-refractivity contribution in [2.45, 2.75) is 25.0 Å². The molecule has 29 heavy (non-hydrogen) atoms. The van der Waals surface area contributed by atoms with Crippen LogP contribution < -0.4 is 4.31 Å². The number of anilines is 1. The number of fused-ring (bicyclic) bond motifs is 3. The van der Waals surface area contributed by atoms with Gasteiger partial charge in [0.2, 0.25) is 10.0 Å². The van der Waals surface area contributed by atoms with E-state index < -0.39 is 22.0 Å². The van der Waals surface area contributed by atoms with Crippen LogP contribution >= 0.6 is 0 Å². The van der Waals surface area contributed by atoms with Crippen LogP contribution in [0, 0.1) is 5.92 Å². The minimum atomic E-state index is -3.74. The molecule has 3 aliphatic heterocycles. The monoisotopic (exact) mass is 414 g/mol. The molecule has 3 saturated heterocycles. The molecule has 2 bridgehead atoms. The molecule has 0 spiro atoms. The van der Waals surface area contributed by atoms with E-state index in [0.717, 1.165) is 38.7 Å². The summed E-state index contributed by atoms with van der Waals surface area (Å²) in [5.41, 5.74) is 1.03. The molecule has 3 fully saturated rings. The zero-order chi connectivity index (χ0) is 20.4. The largest absolute Gasteiger partial charge is 0.459 e. The van der Waals surface area contributed by atoms with Gasteiger partial charge in [-0.15, -0.1) is 0 Å². The summed E-state index contributed by atoms with van der Waals surface area (Å²) in [5.74, 6) is -0.173. The first kappa shape index (κ1) is 19.9. The zero-order valence-corrected chi connectivity index (χ0v) is 17.3. The standard InChI is InChI=1S/C22H26N2O4S/c1-29(26,27)24(19-10-6-3-7-11-19)21(18-8-4-2-5-9-18)22(25)28-20-16-23-14-12-17(20)13-15-23/h2-11,17,20-21H,12-16H2,1H3/t20-,21?/m0/s1. The Morgan fingerprint density at radius 1 is 1.03 bits per heavy atom. The third-order valence-corrected chi connectivity index (χ3v) is 6.94. The van der Waals surface area contributed by atoms with Crippen molar-refractivity contribution in [2.24, 2.45) is 5.92 Å². The topological polar surface area (TPSA) is 66.9 Å². The van der Waals surface area contributed by atoms with Gasteiger partial charge in [-0.05, 0) is 49.5 Å². The number of hydrogen-bond donors (Lipinski definition) is 0. The van der Waals surface area contributed by atoms with E-state index in [1.165, 1.54) is 4.31 Å². The Kier molecular flexibility index (Phi) is 5.61. The van der Waals surface area contributed by atoms with Crippen molar-refractivity contribution in [3.8, 4) is 0 Å². The van der Waals surface area contributed by atoms with Gasteiger partial charge in [-0.3, -0.25) is 9.21 Å². The molecule has 3 heterocycles. The van der Waals surface area contributed by atoms with E-state index in [4.69, 9.17) is 4.74 Å². The Morgan fingerprint density at radius 3 is 2.14 bits per heavy atom. The van der Waals surface area contributed by atoms with Gasteiger partial charge >= 0.3 is 5.97 Å². The van der Waals surface area contributed by atoms with E-state index >= 15 is 0 Å². The number of benzene rings is 2. The molecule has 6 nitrogen and oxygen atoms in total. The van der Waals surface area contributed by atoms with Crippen molar-refractivity contribution in [2.75, 3.05) is 30.2 Å². The van der Waals surface area contributed by atoms with E-state index in [1.54, 1.807) is 48.5 Å². The summed E-state index contributed by atoms with van der Waals surface area (Å²) in [5, 5.41) is 0. The average Bonchev–Trinajstić information content (AvgIpc) is 2.73. The van der Waals surface area contributed by atoms with E-state index in [9.17, 15) is 13.2 Å². The lowest BCUT2D eigenvalue weighted by Gasteiger charge is -2.44. The summed E-state index contributed by atoms with van der Waals surface area (Å²) < 4.78 is 32.7. The molecule has 3 aliphatic rings. The molecule has 7 heteroatoms. The quantitative estimate of drug-likeness (QED) is 0.680. The second kappa shape index (κ2) is 8.16. The Bertz CT molecular complexity index is 941. The van der Waals surface area contributed by atoms with Crippen molar-refractivity contribution >= 4 is 21.7 Å². The van der Waals surface area contributed by atoms with E-state index in [1.807, 2.05) is 12.1 Å². The minimum Gasteiger partial charge on any atom is -0.459 e. The number of carbonyl (C=O) groups excluding carboxylic acids is 1. The van der Waals surface area contributed by atoms with Gasteiger partial charge in [0.05, 0.1) is 11.9 Å². The highest BCUT2D eigenvalue weighted by molar-refractivity contribution is 7.92. The maximum Gasteiger partial charge on any atom is 0.334 e. The van der Waals surface area contributed by atoms with Crippen LogP contribution in [0.15, 0.2) is 60.7 Å². The number of hydrogen-bond acceptors (Lipinski definition) is 5. The number of sulfonamides is 1. The molecule has 2 aromatic carbocycles. The van der Waals surface area contributed by atoms with Crippen LogP contribution in [0.4, 0.5) is 5.69 Å². The number of para-hydroxylation sites is 1. The first-order valence-corrected chi connectivity index (χ1v) is 11.8. The third kappa shape index (κ3) is 4.31. The van der Waals surface area contributed by atoms with Gasteiger partial charge in [0.25, 0.3) is 0 Å². The first-order valence-electron chi connectivity index (χ1n) is 9.96. The van der Waals surface area contributed by atoms with Crippen LogP contribution in [0.1, 0.15) is 24.4 Å². The van der Waals surface area contributed by atoms with Crippen molar-refractivity contribution in [1.29, 1.82) is 0 Å². The van der Waals surface area contributed by atoms with Crippen molar-refractivity contribution < 1.29 is 17.9 Å². The van der Waals surface area contributed by atoms with Gasteiger partial charge in [0.1, 0.15) is 6.10 Å². The van der Waals surface area contributed by atoms with Crippen LogP contribution in [0.3, 0.4) is 0 Å². The summed E-state index contributed by atoms with van der Waals surface area (Å²) in [6, 6.07) is 16.6. The summed E-state index contributed by atoms with van der Waals surface area (Å²) >= 11 is 0. The number of esters is 1. The van der Waals surface area contributed by atoms with Gasteiger partial charge in [0, 0.05) is 6.54 Å². The highest BCUT2D eigenvalue weighted by atomic mass is 32.2. The van der Waals surface area contributed by atoms with E-state index in [-0.39, 0.29) is 6.10 Å². The van der Waals surface area contributed by atoms with Crippen LogP contribution in [0.25, 0.3) is 0 Å². The molecule has 5 rings (SSSR count). The Morgan fingerprint density at radius 2 is 1.62 bits per heavy atom. The molecule has 0 aliphatic carbocycles. The molecular weight excluding hydrogens is 388 g/mol. The second-order valence-electron chi connectivity index (χ2n) is 7.82. The molecule has 0 N–H and O–H groups in total. The number of carbonyl (C=O) groups is 1. The van der Waals surface area contributed by atoms with Crippen molar-refractivity contribution in [3.05, 3.63) is 66.2 Å². The zero-order valence-electron chi connectivity index (χ0n) is 16.5. The maximum atomic E-state index is 13.4. The first-order chi connectivity index (χ1) is 13.9. The lowest BCUT2D eigenvalue weighted by Crippen LogP contribution is -2.53. The second-order valence-corrected chi connectivity index (χ2v) is 9.68. The molecule has 0 radical (unpaired) electrons. The summed E-state index contributed by atoms with van der Waals surface area (Å²) in [7, 11) is -3.74. The van der Waals surface area contributed by atoms with Crippen LogP contribution in [0.2, 0.25) is 0 Å². The van der Waals surface area contributed by atoms with Crippen LogP contribution in [-0.2, 0) is 19.6 Å². The molecule has 0 aromatic heterocycles. The molecule has 154 valence electrons. The predicted octanol–water partition coefficient (Wildman–Crippen LogP) is 2.83. The van der Waals surface area contributed by atoms with Crippen LogP contribution in [0.5, 0.6) is 0 Å². The van der Waals surface area contributed by atoms with Crippen molar-refractivity contribution in [1.82, 2.24) is 4.90 Å². The normalized spacial score (nSPS) is 24.7. The van der Waals surface area contributed by atoms with E-state index in [0.29, 0.717) is 17.2 Å². The van der Waals surface area contributed by atoms with Gasteiger partial charge in [-0.2, -0.15) is 0 Å². The lowest BCUT2D eigenvalue weighted by molar-refractivity contribution is -0.160. The summed E-state index contributed by atoms with van der Waals surface area (Å²) in [6.07, 6.45) is 2.97. The lowest BCUT2D eigenvalue weighted by atomic mass is 9.86. The molecule has 2 aromatic rings. The average molecular weight is 415 g/mol. The molecular formula is C22H26N2O4S. The SMILES string of the molecule is CS(=O)(=O)N(c1ccccc1)C(C(=O)O[C@H]1CN2CCC1CC2)c1ccccc1. The fourth-order valence-corrected chi connectivity index (χ4v) is 5.46. The Hall–Kier alpha value is -2.38. The summed E-state index contributed by atoms with van der Waals surface area (Å²) in [4.78, 5) is 15.7. The fraction of sp³-hybridized carbons (Fsp3) is 0.409. The van der Waals surface area contributed by atoms with Crippen molar-refractivity contribution in [3.63, 3.8) is 0 Å². The number of nitrogens with zero attached hydrogens (tertiary/aromatic N) is 2. The van der Waals surface area contributed by atoms with E-state index in [2.05, 4.69) is 4.90 Å². The molecule has 2 atom stereocenters. The smallest absolute Gasteiger partial charge is 0.334 e. The van der Waals surface area contributed by atoms with Gasteiger partial charge in [-0.1, -0.05) is 48.5 Å². The Balaban J connectivity index is 1.70. The number of rotatable bonds is 6. The number of ether oxygens (including phenoxy) is 1. The summed E-state index contributed by atoms with van der Waals surface area (Å²) in [6.45, 7) is 2.81. The highest BCUT2D eigenvalue weighted by Crippen LogP contribution is 2.34. The third-order valence-electron chi connectivity index (χ3n) is 5.80. The Labute approximate surface area is 172 Å². The van der Waals surface area contributed by atoms with Gasteiger partial charge < -0.3 is 4.74 Å². The van der Waals surface area contributed by atoms with Gasteiger partial charge in [0.15, 0.2) is 6.04 Å². The molecule has 1 unspecified atom stereocenters. The maximum absolute atomic E-state index is 13.4. The minimum absolute atomic E-state index is 0.187. The fourth-order valence-electron chi connectivity index (χ4n) is 4.37.